The first kappa shape index (κ1) is 7.97. The molecule has 1 atom stereocenters. The molecule has 1 amide bonds. The van der Waals surface area contributed by atoms with Gasteiger partial charge < -0.3 is 10.6 Å². The summed E-state index contributed by atoms with van der Waals surface area (Å²) in [5, 5.41) is 5.88. The predicted molar refractivity (Wildman–Crippen MR) is 47.1 cm³/mol. The monoisotopic (exact) mass is 178 g/mol. The number of carbonyl (C=O) groups excluding carboxylic acids is 1. The summed E-state index contributed by atoms with van der Waals surface area (Å²) in [5.74, 6) is 0.850. The third kappa shape index (κ3) is 1.93. The zero-order chi connectivity index (χ0) is 9.10. The van der Waals surface area contributed by atoms with E-state index in [0.29, 0.717) is 13.0 Å². The average molecular weight is 178 g/mol. The van der Waals surface area contributed by atoms with Gasteiger partial charge in [0.25, 0.3) is 0 Å². The molecular formula is C8H10N4O. The number of rotatable bonds is 2. The Bertz CT molecular complexity index is 300. The lowest BCUT2D eigenvalue weighted by Crippen LogP contribution is -2.22. The Kier molecular flexibility index (Phi) is 2.08. The van der Waals surface area contributed by atoms with Crippen molar-refractivity contribution in [1.29, 1.82) is 0 Å². The predicted octanol–water partition coefficient (Wildman–Crippen LogP) is -0.223. The van der Waals surface area contributed by atoms with Crippen LogP contribution in [0, 0.1) is 0 Å². The van der Waals surface area contributed by atoms with Crippen LogP contribution < -0.4 is 10.6 Å². The highest BCUT2D eigenvalue weighted by atomic mass is 16.1. The molecule has 1 unspecified atom stereocenters. The normalized spacial score (nSPS) is 21.2. The second-order valence-electron chi connectivity index (χ2n) is 2.94. The molecule has 5 heteroatoms. The van der Waals surface area contributed by atoms with Crippen LogP contribution >= 0.6 is 0 Å². The van der Waals surface area contributed by atoms with Crippen molar-refractivity contribution in [2.24, 2.45) is 0 Å². The first-order valence-electron chi connectivity index (χ1n) is 4.14. The molecule has 1 aliphatic rings. The van der Waals surface area contributed by atoms with Gasteiger partial charge >= 0.3 is 0 Å². The highest BCUT2D eigenvalue weighted by Gasteiger charge is 2.20. The fourth-order valence-electron chi connectivity index (χ4n) is 1.29. The molecular weight excluding hydrogens is 168 g/mol. The van der Waals surface area contributed by atoms with E-state index in [1.54, 1.807) is 12.3 Å². The minimum atomic E-state index is 0.0894. The molecule has 0 bridgehead atoms. The fraction of sp³-hybridized carbons (Fsp3) is 0.375. The Labute approximate surface area is 75.6 Å². The van der Waals surface area contributed by atoms with Crippen molar-refractivity contribution < 1.29 is 4.79 Å². The number of carbonyl (C=O) groups is 1. The number of nitrogens with one attached hydrogen (secondary N) is 2. The second-order valence-corrected chi connectivity index (χ2v) is 2.94. The van der Waals surface area contributed by atoms with Gasteiger partial charge in [-0.1, -0.05) is 0 Å². The van der Waals surface area contributed by atoms with Crippen molar-refractivity contribution in [3.8, 4) is 0 Å². The summed E-state index contributed by atoms with van der Waals surface area (Å²) in [6.07, 6.45) is 3.66. The van der Waals surface area contributed by atoms with Gasteiger partial charge in [-0.3, -0.25) is 4.79 Å². The summed E-state index contributed by atoms with van der Waals surface area (Å²) < 4.78 is 0. The molecule has 1 saturated heterocycles. The number of aromatic nitrogens is 2. The molecule has 0 aliphatic carbocycles. The molecule has 1 aromatic heterocycles. The van der Waals surface area contributed by atoms with E-state index in [4.69, 9.17) is 0 Å². The molecule has 0 spiro atoms. The van der Waals surface area contributed by atoms with Crippen LogP contribution in [0.5, 0.6) is 0 Å². The van der Waals surface area contributed by atoms with E-state index in [9.17, 15) is 4.79 Å². The van der Waals surface area contributed by atoms with Crippen LogP contribution in [0.4, 0.5) is 5.82 Å². The average Bonchev–Trinajstić information content (AvgIpc) is 2.53. The number of nitrogens with zero attached hydrogens (tertiary/aromatic N) is 2. The van der Waals surface area contributed by atoms with Gasteiger partial charge in [-0.15, -0.1) is 0 Å². The van der Waals surface area contributed by atoms with E-state index in [1.807, 2.05) is 0 Å². The minimum Gasteiger partial charge on any atom is -0.365 e. The Hall–Kier alpha value is -1.65. The molecule has 0 radical (unpaired) electrons. The highest BCUT2D eigenvalue weighted by molar-refractivity contribution is 5.79. The van der Waals surface area contributed by atoms with Gasteiger partial charge in [0.15, 0.2) is 0 Å². The summed E-state index contributed by atoms with van der Waals surface area (Å²) in [6.45, 7) is 0.669. The van der Waals surface area contributed by atoms with Crippen molar-refractivity contribution in [3.63, 3.8) is 0 Å². The smallest absolute Gasteiger partial charge is 0.222 e. The lowest BCUT2D eigenvalue weighted by Gasteiger charge is -2.09. The SMILES string of the molecule is O=C1CC(Nc2ccncn2)CN1. The Balaban J connectivity index is 1.96. The molecule has 2 heterocycles. The Morgan fingerprint density at radius 2 is 2.54 bits per heavy atom. The first-order chi connectivity index (χ1) is 6.34. The maximum Gasteiger partial charge on any atom is 0.222 e. The number of anilines is 1. The molecule has 2 rings (SSSR count). The van der Waals surface area contributed by atoms with E-state index < -0.39 is 0 Å². The molecule has 1 aliphatic heterocycles. The molecule has 2 N–H and O–H groups in total. The number of hydrogen-bond donors (Lipinski definition) is 2. The van der Waals surface area contributed by atoms with Crippen molar-refractivity contribution in [2.45, 2.75) is 12.5 Å². The van der Waals surface area contributed by atoms with Gasteiger partial charge in [-0.2, -0.15) is 0 Å². The van der Waals surface area contributed by atoms with Crippen molar-refractivity contribution in [1.82, 2.24) is 15.3 Å². The van der Waals surface area contributed by atoms with Crippen molar-refractivity contribution in [2.75, 3.05) is 11.9 Å². The summed E-state index contributed by atoms with van der Waals surface area (Å²) in [5.41, 5.74) is 0. The summed E-state index contributed by atoms with van der Waals surface area (Å²) in [4.78, 5) is 18.7. The van der Waals surface area contributed by atoms with Crippen molar-refractivity contribution in [3.05, 3.63) is 18.6 Å². The van der Waals surface area contributed by atoms with E-state index in [0.717, 1.165) is 5.82 Å². The molecule has 1 aromatic rings. The van der Waals surface area contributed by atoms with Gasteiger partial charge in [0.2, 0.25) is 5.91 Å². The van der Waals surface area contributed by atoms with Crippen LogP contribution in [0.1, 0.15) is 6.42 Å². The van der Waals surface area contributed by atoms with Crippen LogP contribution in [0.25, 0.3) is 0 Å². The maximum absolute atomic E-state index is 10.9. The highest BCUT2D eigenvalue weighted by Crippen LogP contribution is 2.07. The summed E-state index contributed by atoms with van der Waals surface area (Å²) in [7, 11) is 0. The third-order valence-corrected chi connectivity index (χ3v) is 1.91. The van der Waals surface area contributed by atoms with Crippen LogP contribution in [0.2, 0.25) is 0 Å². The quantitative estimate of drug-likeness (QED) is 0.657. The topological polar surface area (TPSA) is 66.9 Å². The standard InChI is InChI=1S/C8H10N4O/c13-8-3-6(4-10-8)12-7-1-2-9-5-11-7/h1-2,5-6H,3-4H2,(H,10,13)(H,9,11,12). The van der Waals surface area contributed by atoms with Gasteiger partial charge in [-0.05, 0) is 6.07 Å². The summed E-state index contributed by atoms with van der Waals surface area (Å²) in [6, 6.07) is 1.94. The molecule has 0 saturated carbocycles. The Morgan fingerprint density at radius 3 is 3.15 bits per heavy atom. The van der Waals surface area contributed by atoms with Crippen LogP contribution in [-0.4, -0.2) is 28.5 Å². The number of amides is 1. The van der Waals surface area contributed by atoms with Crippen LogP contribution in [0.15, 0.2) is 18.6 Å². The second kappa shape index (κ2) is 3.38. The molecule has 13 heavy (non-hydrogen) atoms. The van der Waals surface area contributed by atoms with E-state index in [-0.39, 0.29) is 11.9 Å². The molecule has 0 aromatic carbocycles. The van der Waals surface area contributed by atoms with Gasteiger partial charge in [0.05, 0.1) is 6.04 Å². The molecule has 68 valence electrons. The number of hydrogen-bond acceptors (Lipinski definition) is 4. The lowest BCUT2D eigenvalue weighted by molar-refractivity contribution is -0.119. The lowest BCUT2D eigenvalue weighted by atomic mass is 10.2. The minimum absolute atomic E-state index is 0.0894. The van der Waals surface area contributed by atoms with Gasteiger partial charge in [0, 0.05) is 19.2 Å². The molecule has 5 nitrogen and oxygen atoms in total. The summed E-state index contributed by atoms with van der Waals surface area (Å²) >= 11 is 0. The molecule has 1 fully saturated rings. The largest absolute Gasteiger partial charge is 0.365 e. The van der Waals surface area contributed by atoms with Crippen LogP contribution in [-0.2, 0) is 4.79 Å². The van der Waals surface area contributed by atoms with E-state index in [1.165, 1.54) is 6.33 Å². The van der Waals surface area contributed by atoms with Crippen molar-refractivity contribution >= 4 is 11.7 Å². The maximum atomic E-state index is 10.9. The van der Waals surface area contributed by atoms with Gasteiger partial charge in [0.1, 0.15) is 12.1 Å². The Morgan fingerprint density at radius 1 is 1.62 bits per heavy atom. The van der Waals surface area contributed by atoms with Crippen LogP contribution in [0.3, 0.4) is 0 Å². The van der Waals surface area contributed by atoms with Gasteiger partial charge in [-0.25, -0.2) is 9.97 Å². The first-order valence-corrected chi connectivity index (χ1v) is 4.14. The van der Waals surface area contributed by atoms with E-state index >= 15 is 0 Å². The fourth-order valence-corrected chi connectivity index (χ4v) is 1.29. The van der Waals surface area contributed by atoms with E-state index in [2.05, 4.69) is 20.6 Å². The zero-order valence-corrected chi connectivity index (χ0v) is 7.03. The zero-order valence-electron chi connectivity index (χ0n) is 7.03. The third-order valence-electron chi connectivity index (χ3n) is 1.91.